The van der Waals surface area contributed by atoms with E-state index in [1.165, 1.54) is 5.51 Å². The van der Waals surface area contributed by atoms with Crippen LogP contribution in [0.1, 0.15) is 0 Å². The normalized spacial score (nSPS) is 10.2. The highest BCUT2D eigenvalue weighted by Crippen LogP contribution is 2.07. The van der Waals surface area contributed by atoms with Crippen molar-refractivity contribution in [3.63, 3.8) is 0 Å². The van der Waals surface area contributed by atoms with Crippen molar-refractivity contribution in [1.82, 2.24) is 10.2 Å². The zero-order valence-corrected chi connectivity index (χ0v) is 7.11. The minimum Gasteiger partial charge on any atom is -0.478 e. The van der Waals surface area contributed by atoms with Crippen molar-refractivity contribution in [1.29, 1.82) is 0 Å². The number of nitrogens with one attached hydrogen (secondary N) is 1. The molecule has 1 amide bonds. The molecule has 7 heteroatoms. The lowest BCUT2D eigenvalue weighted by Gasteiger charge is -1.92. The Kier molecular flexibility index (Phi) is 3.09. The van der Waals surface area contributed by atoms with E-state index < -0.39 is 11.9 Å². The van der Waals surface area contributed by atoms with Gasteiger partial charge in [0.05, 0.1) is 0 Å². The molecular formula is C6H5N3O3S. The maximum atomic E-state index is 10.9. The number of aromatic nitrogens is 2. The van der Waals surface area contributed by atoms with Crippen molar-refractivity contribution in [2.24, 2.45) is 0 Å². The second-order valence-corrected chi connectivity index (χ2v) is 2.74. The Morgan fingerprint density at radius 3 is 2.85 bits per heavy atom. The summed E-state index contributed by atoms with van der Waals surface area (Å²) in [5, 5.41) is 17.9. The van der Waals surface area contributed by atoms with Crippen LogP contribution in [-0.2, 0) is 9.59 Å². The summed E-state index contributed by atoms with van der Waals surface area (Å²) in [7, 11) is 0. The Hall–Kier alpha value is -1.76. The van der Waals surface area contributed by atoms with Gasteiger partial charge in [0, 0.05) is 12.2 Å². The van der Waals surface area contributed by atoms with Crippen molar-refractivity contribution < 1.29 is 14.7 Å². The molecule has 0 aliphatic heterocycles. The Labute approximate surface area is 76.9 Å². The molecule has 1 aromatic heterocycles. The Morgan fingerprint density at radius 2 is 2.31 bits per heavy atom. The third kappa shape index (κ3) is 3.43. The number of carboxylic acid groups (broad SMARTS) is 1. The van der Waals surface area contributed by atoms with Crippen LogP contribution in [0.5, 0.6) is 0 Å². The van der Waals surface area contributed by atoms with E-state index in [0.29, 0.717) is 5.13 Å². The van der Waals surface area contributed by atoms with Crippen LogP contribution in [0.3, 0.4) is 0 Å². The van der Waals surface area contributed by atoms with Gasteiger partial charge in [-0.3, -0.25) is 10.1 Å². The van der Waals surface area contributed by atoms with Gasteiger partial charge >= 0.3 is 5.97 Å². The van der Waals surface area contributed by atoms with Crippen LogP contribution < -0.4 is 5.32 Å². The van der Waals surface area contributed by atoms with Gasteiger partial charge in [-0.2, -0.15) is 0 Å². The van der Waals surface area contributed by atoms with Gasteiger partial charge in [-0.25, -0.2) is 4.79 Å². The molecule has 0 spiro atoms. The van der Waals surface area contributed by atoms with Crippen LogP contribution in [0, 0.1) is 0 Å². The monoisotopic (exact) mass is 199 g/mol. The summed E-state index contributed by atoms with van der Waals surface area (Å²) in [4.78, 5) is 20.9. The van der Waals surface area contributed by atoms with Gasteiger partial charge in [-0.05, 0) is 0 Å². The number of hydrogen-bond acceptors (Lipinski definition) is 5. The predicted molar refractivity (Wildman–Crippen MR) is 45.3 cm³/mol. The number of anilines is 1. The molecule has 0 saturated carbocycles. The average Bonchev–Trinajstić information content (AvgIpc) is 2.53. The van der Waals surface area contributed by atoms with Crippen molar-refractivity contribution in [2.45, 2.75) is 0 Å². The first-order valence-electron chi connectivity index (χ1n) is 3.16. The molecule has 0 atom stereocenters. The molecule has 0 aromatic carbocycles. The topological polar surface area (TPSA) is 92.2 Å². The molecule has 0 bridgehead atoms. The number of rotatable bonds is 3. The summed E-state index contributed by atoms with van der Waals surface area (Å²) in [6.45, 7) is 0. The van der Waals surface area contributed by atoms with Gasteiger partial charge in [-0.15, -0.1) is 10.2 Å². The van der Waals surface area contributed by atoms with Crippen molar-refractivity contribution in [3.05, 3.63) is 17.7 Å². The third-order valence-electron chi connectivity index (χ3n) is 0.967. The predicted octanol–water partition coefficient (Wildman–Crippen LogP) is 0.117. The Bertz CT molecular complexity index is 333. The first kappa shape index (κ1) is 9.33. The highest BCUT2D eigenvalue weighted by molar-refractivity contribution is 7.13. The minimum atomic E-state index is -1.17. The molecule has 1 heterocycles. The molecule has 1 aromatic rings. The third-order valence-corrected chi connectivity index (χ3v) is 1.57. The van der Waals surface area contributed by atoms with E-state index in [2.05, 4.69) is 15.5 Å². The van der Waals surface area contributed by atoms with Crippen LogP contribution in [0.2, 0.25) is 0 Å². The molecule has 1 rings (SSSR count). The largest absolute Gasteiger partial charge is 0.478 e. The second-order valence-electron chi connectivity index (χ2n) is 1.90. The standard InChI is InChI=1S/C6H5N3O3S/c10-4(1-2-5(11)12)8-6-9-7-3-13-6/h1-3H,(H,11,12)(H,8,9,10)/b2-1-. The van der Waals surface area contributed by atoms with Gasteiger partial charge in [0.15, 0.2) is 0 Å². The Morgan fingerprint density at radius 1 is 1.54 bits per heavy atom. The molecular weight excluding hydrogens is 194 g/mol. The maximum Gasteiger partial charge on any atom is 0.328 e. The minimum absolute atomic E-state index is 0.333. The van der Waals surface area contributed by atoms with E-state index in [4.69, 9.17) is 5.11 Å². The molecule has 13 heavy (non-hydrogen) atoms. The number of carbonyl (C=O) groups is 2. The fourth-order valence-corrected chi connectivity index (χ4v) is 0.969. The van der Waals surface area contributed by atoms with Crippen LogP contribution >= 0.6 is 11.3 Å². The van der Waals surface area contributed by atoms with E-state index in [9.17, 15) is 9.59 Å². The molecule has 0 aliphatic carbocycles. The lowest BCUT2D eigenvalue weighted by molar-refractivity contribution is -0.131. The number of carboxylic acids is 1. The quantitative estimate of drug-likeness (QED) is 0.674. The van der Waals surface area contributed by atoms with Crippen molar-refractivity contribution in [2.75, 3.05) is 5.32 Å². The first-order chi connectivity index (χ1) is 6.18. The number of carbonyl (C=O) groups excluding carboxylic acids is 1. The van der Waals surface area contributed by atoms with Gasteiger partial charge in [0.25, 0.3) is 0 Å². The van der Waals surface area contributed by atoms with Crippen LogP contribution in [0.25, 0.3) is 0 Å². The van der Waals surface area contributed by atoms with Gasteiger partial charge in [0.1, 0.15) is 5.51 Å². The number of nitrogens with zero attached hydrogens (tertiary/aromatic N) is 2. The van der Waals surface area contributed by atoms with E-state index in [-0.39, 0.29) is 0 Å². The van der Waals surface area contributed by atoms with Crippen LogP contribution in [0.4, 0.5) is 5.13 Å². The zero-order valence-electron chi connectivity index (χ0n) is 6.30. The smallest absolute Gasteiger partial charge is 0.328 e. The highest BCUT2D eigenvalue weighted by Gasteiger charge is 2.00. The molecule has 68 valence electrons. The van der Waals surface area contributed by atoms with E-state index in [1.54, 1.807) is 0 Å². The summed E-state index contributed by atoms with van der Waals surface area (Å²) in [5.41, 5.74) is 1.45. The van der Waals surface area contributed by atoms with Crippen LogP contribution in [0.15, 0.2) is 17.7 Å². The average molecular weight is 199 g/mol. The Balaban J connectivity index is 2.47. The molecule has 0 saturated heterocycles. The molecule has 0 fully saturated rings. The number of amides is 1. The summed E-state index contributed by atoms with van der Waals surface area (Å²) in [5.74, 6) is -1.72. The number of aliphatic carboxylic acids is 1. The highest BCUT2D eigenvalue weighted by atomic mass is 32.1. The van der Waals surface area contributed by atoms with Crippen LogP contribution in [-0.4, -0.2) is 27.2 Å². The van der Waals surface area contributed by atoms with E-state index >= 15 is 0 Å². The summed E-state index contributed by atoms with van der Waals surface area (Å²) in [6.07, 6.45) is 1.65. The van der Waals surface area contributed by atoms with E-state index in [0.717, 1.165) is 23.5 Å². The SMILES string of the molecule is O=C(O)/C=C\C(=O)Nc1nncs1. The molecule has 2 N–H and O–H groups in total. The van der Waals surface area contributed by atoms with Gasteiger partial charge in [-0.1, -0.05) is 11.3 Å². The number of hydrogen-bond donors (Lipinski definition) is 2. The first-order valence-corrected chi connectivity index (χ1v) is 4.04. The molecule has 0 radical (unpaired) electrons. The van der Waals surface area contributed by atoms with Crippen molar-refractivity contribution in [3.8, 4) is 0 Å². The fraction of sp³-hybridized carbons (Fsp3) is 0. The van der Waals surface area contributed by atoms with Gasteiger partial charge < -0.3 is 5.11 Å². The zero-order chi connectivity index (χ0) is 9.68. The molecule has 0 unspecified atom stereocenters. The molecule has 0 aliphatic rings. The second kappa shape index (κ2) is 4.31. The van der Waals surface area contributed by atoms with Gasteiger partial charge in [0.2, 0.25) is 11.0 Å². The maximum absolute atomic E-state index is 10.9. The lowest BCUT2D eigenvalue weighted by atomic mass is 10.5. The summed E-state index contributed by atoms with van der Waals surface area (Å²) < 4.78 is 0. The summed E-state index contributed by atoms with van der Waals surface area (Å²) in [6, 6.07) is 0. The fourth-order valence-electron chi connectivity index (χ4n) is 0.522. The molecule has 6 nitrogen and oxygen atoms in total. The lowest BCUT2D eigenvalue weighted by Crippen LogP contribution is -2.08. The van der Waals surface area contributed by atoms with Crippen molar-refractivity contribution >= 4 is 28.3 Å². The van der Waals surface area contributed by atoms with E-state index in [1.807, 2.05) is 0 Å². The summed E-state index contributed by atoms with van der Waals surface area (Å²) >= 11 is 1.15.